The summed E-state index contributed by atoms with van der Waals surface area (Å²) in [6.07, 6.45) is 0. The Morgan fingerprint density at radius 3 is 1.15 bits per heavy atom. The quantitative estimate of drug-likeness (QED) is 0.149. The predicted molar refractivity (Wildman–Crippen MR) is 315 cm³/mol. The van der Waals surface area contributed by atoms with E-state index in [1.807, 2.05) is 0 Å². The minimum Gasteiger partial charge on any atom is -0.455 e. The standard InChI is InChI=1S/C72H46N2O/c1-4-17-47(18-5-1)48-19-14-20-49(39-48)50-21-15-22-51(40-50)52-23-16-24-56(41-52)62-45-57(46-66-61-30-11-13-32-71(61)75-72(62)66)55-35-38-70-65(44-55)64-43-54(34-37-69(64)74(70)59-27-8-3-9-28-59)53-33-36-68-63(42-53)60-29-10-12-31-67(60)73(68)58-25-6-2-7-26-58/h1-46H. The van der Waals surface area contributed by atoms with Gasteiger partial charge in [-0.2, -0.15) is 0 Å². The van der Waals surface area contributed by atoms with Gasteiger partial charge in [0.1, 0.15) is 11.2 Å². The monoisotopic (exact) mass is 954 g/mol. The average Bonchev–Trinajstić information content (AvgIpc) is 4.19. The second-order valence-corrected chi connectivity index (χ2v) is 19.7. The number of rotatable bonds is 8. The molecule has 0 aliphatic heterocycles. The highest BCUT2D eigenvalue weighted by atomic mass is 16.3. The van der Waals surface area contributed by atoms with Crippen LogP contribution in [-0.4, -0.2) is 9.13 Å². The zero-order valence-electron chi connectivity index (χ0n) is 40.9. The minimum absolute atomic E-state index is 0.879. The molecule has 12 aromatic carbocycles. The van der Waals surface area contributed by atoms with Crippen LogP contribution in [0.2, 0.25) is 0 Å². The molecular weight excluding hydrogens is 909 g/mol. The number of nitrogens with zero attached hydrogens (tertiary/aromatic N) is 2. The summed E-state index contributed by atoms with van der Waals surface area (Å²) in [5, 5.41) is 7.09. The summed E-state index contributed by atoms with van der Waals surface area (Å²) >= 11 is 0. The highest BCUT2D eigenvalue weighted by Crippen LogP contribution is 2.44. The van der Waals surface area contributed by atoms with Crippen LogP contribution in [0.15, 0.2) is 283 Å². The summed E-state index contributed by atoms with van der Waals surface area (Å²) in [4.78, 5) is 0. The van der Waals surface area contributed by atoms with E-state index < -0.39 is 0 Å². The summed E-state index contributed by atoms with van der Waals surface area (Å²) in [5.74, 6) is 0. The molecule has 0 N–H and O–H groups in total. The molecule has 0 fully saturated rings. The fourth-order valence-corrected chi connectivity index (χ4v) is 11.7. The van der Waals surface area contributed by atoms with Crippen molar-refractivity contribution in [2.75, 3.05) is 0 Å². The molecule has 0 amide bonds. The Morgan fingerprint density at radius 2 is 0.587 bits per heavy atom. The maximum Gasteiger partial charge on any atom is 0.143 e. The first-order valence-corrected chi connectivity index (χ1v) is 25.7. The molecule has 0 radical (unpaired) electrons. The summed E-state index contributed by atoms with van der Waals surface area (Å²) in [6, 6.07) is 101. The first-order valence-electron chi connectivity index (χ1n) is 25.7. The van der Waals surface area contributed by atoms with Crippen molar-refractivity contribution < 1.29 is 4.42 Å². The highest BCUT2D eigenvalue weighted by molar-refractivity contribution is 6.15. The van der Waals surface area contributed by atoms with Crippen molar-refractivity contribution in [2.24, 2.45) is 0 Å². The fourth-order valence-electron chi connectivity index (χ4n) is 11.7. The first kappa shape index (κ1) is 42.7. The van der Waals surface area contributed by atoms with Crippen molar-refractivity contribution in [3.8, 4) is 78.1 Å². The van der Waals surface area contributed by atoms with Crippen molar-refractivity contribution in [3.63, 3.8) is 0 Å². The van der Waals surface area contributed by atoms with Gasteiger partial charge in [-0.1, -0.05) is 176 Å². The Labute approximate surface area is 434 Å². The van der Waals surface area contributed by atoms with Crippen LogP contribution in [0.3, 0.4) is 0 Å². The zero-order valence-corrected chi connectivity index (χ0v) is 40.9. The van der Waals surface area contributed by atoms with Crippen molar-refractivity contribution in [3.05, 3.63) is 279 Å². The fraction of sp³-hybridized carbons (Fsp3) is 0. The lowest BCUT2D eigenvalue weighted by atomic mass is 9.92. The summed E-state index contributed by atoms with van der Waals surface area (Å²) in [5.41, 5.74) is 22.7. The Balaban J connectivity index is 0.874. The number of para-hydroxylation sites is 4. The number of aromatic nitrogens is 2. The molecule has 0 bridgehead atoms. The Kier molecular flexibility index (Phi) is 9.89. The van der Waals surface area contributed by atoms with Gasteiger partial charge in [-0.25, -0.2) is 0 Å². The first-order chi connectivity index (χ1) is 37.2. The van der Waals surface area contributed by atoms with Gasteiger partial charge in [-0.3, -0.25) is 0 Å². The van der Waals surface area contributed by atoms with Gasteiger partial charge in [0.05, 0.1) is 22.1 Å². The summed E-state index contributed by atoms with van der Waals surface area (Å²) in [7, 11) is 0. The van der Waals surface area contributed by atoms with Gasteiger partial charge in [0.15, 0.2) is 0 Å². The van der Waals surface area contributed by atoms with Crippen LogP contribution < -0.4 is 0 Å². The zero-order chi connectivity index (χ0) is 49.4. The molecule has 0 saturated carbocycles. The van der Waals surface area contributed by atoms with Gasteiger partial charge in [-0.05, 0) is 164 Å². The second-order valence-electron chi connectivity index (χ2n) is 19.7. The largest absolute Gasteiger partial charge is 0.455 e. The van der Waals surface area contributed by atoms with E-state index in [0.29, 0.717) is 0 Å². The van der Waals surface area contributed by atoms with Gasteiger partial charge in [0.2, 0.25) is 0 Å². The van der Waals surface area contributed by atoms with Crippen LogP contribution in [0.25, 0.3) is 144 Å². The van der Waals surface area contributed by atoms with E-state index in [4.69, 9.17) is 4.42 Å². The Hall–Kier alpha value is -9.96. The van der Waals surface area contributed by atoms with Crippen LogP contribution >= 0.6 is 0 Å². The number of furan rings is 1. The molecule has 350 valence electrons. The van der Waals surface area contributed by atoms with Crippen LogP contribution in [-0.2, 0) is 0 Å². The summed E-state index contributed by atoms with van der Waals surface area (Å²) in [6.45, 7) is 0. The van der Waals surface area contributed by atoms with E-state index >= 15 is 0 Å². The molecule has 3 aromatic heterocycles. The van der Waals surface area contributed by atoms with Crippen molar-refractivity contribution in [1.82, 2.24) is 9.13 Å². The van der Waals surface area contributed by atoms with Gasteiger partial charge >= 0.3 is 0 Å². The normalized spacial score (nSPS) is 11.7. The van der Waals surface area contributed by atoms with Crippen LogP contribution in [0.4, 0.5) is 0 Å². The van der Waals surface area contributed by atoms with Crippen molar-refractivity contribution >= 4 is 65.6 Å². The lowest BCUT2D eigenvalue weighted by Gasteiger charge is -2.12. The maximum atomic E-state index is 6.80. The molecule has 0 saturated heterocycles. The third-order valence-corrected chi connectivity index (χ3v) is 15.3. The van der Waals surface area contributed by atoms with Crippen molar-refractivity contribution in [2.45, 2.75) is 0 Å². The third kappa shape index (κ3) is 7.20. The molecule has 0 aliphatic carbocycles. The van der Waals surface area contributed by atoms with Crippen LogP contribution in [0.5, 0.6) is 0 Å². The molecule has 15 rings (SSSR count). The van der Waals surface area contributed by atoms with Gasteiger partial charge < -0.3 is 13.6 Å². The number of hydrogen-bond acceptors (Lipinski definition) is 1. The predicted octanol–water partition coefficient (Wildman–Crippen LogP) is 19.8. The molecule has 0 spiro atoms. The lowest BCUT2D eigenvalue weighted by molar-refractivity contribution is 0.670. The van der Waals surface area contributed by atoms with Crippen molar-refractivity contribution in [1.29, 1.82) is 0 Å². The van der Waals surface area contributed by atoms with Gasteiger partial charge in [-0.15, -0.1) is 0 Å². The van der Waals surface area contributed by atoms with E-state index in [1.54, 1.807) is 0 Å². The number of benzene rings is 12. The molecular formula is C72H46N2O. The van der Waals surface area contributed by atoms with Crippen LogP contribution in [0, 0.1) is 0 Å². The smallest absolute Gasteiger partial charge is 0.143 e. The molecule has 0 atom stereocenters. The molecule has 0 aliphatic rings. The highest BCUT2D eigenvalue weighted by Gasteiger charge is 2.20. The molecule has 0 unspecified atom stereocenters. The number of fused-ring (bicyclic) bond motifs is 9. The van der Waals surface area contributed by atoms with E-state index in [-0.39, 0.29) is 0 Å². The molecule has 3 heteroatoms. The minimum atomic E-state index is 0.879. The van der Waals surface area contributed by atoms with Gasteiger partial charge in [0, 0.05) is 49.3 Å². The topological polar surface area (TPSA) is 23.0 Å². The number of hydrogen-bond donors (Lipinski definition) is 0. The lowest BCUT2D eigenvalue weighted by Crippen LogP contribution is -1.93. The molecule has 75 heavy (non-hydrogen) atoms. The van der Waals surface area contributed by atoms with E-state index in [1.165, 1.54) is 71.5 Å². The molecule has 3 nitrogen and oxygen atoms in total. The molecule has 3 heterocycles. The Bertz CT molecular complexity index is 4690. The molecule has 15 aromatic rings. The van der Waals surface area contributed by atoms with E-state index in [0.717, 1.165) is 72.2 Å². The van der Waals surface area contributed by atoms with Crippen LogP contribution in [0.1, 0.15) is 0 Å². The second kappa shape index (κ2) is 17.4. The van der Waals surface area contributed by atoms with E-state index in [2.05, 4.69) is 288 Å². The Morgan fingerprint density at radius 1 is 0.213 bits per heavy atom. The third-order valence-electron chi connectivity index (χ3n) is 15.3. The maximum absolute atomic E-state index is 6.80. The SMILES string of the molecule is c1ccc(-c2cccc(-c3cccc(-c4cccc(-c5cc(-c6ccc7c(c6)c6cc(-c8ccc9c(c8)c8ccccc8n9-c8ccccc8)ccc6n7-c6ccccc6)cc6c5oc5ccccc56)c4)c3)c2)cc1. The van der Waals surface area contributed by atoms with Gasteiger partial charge in [0.25, 0.3) is 0 Å². The van der Waals surface area contributed by atoms with E-state index in [9.17, 15) is 0 Å². The average molecular weight is 955 g/mol. The summed E-state index contributed by atoms with van der Waals surface area (Å²) < 4.78 is 11.6.